The van der Waals surface area contributed by atoms with Gasteiger partial charge in [-0.2, -0.15) is 0 Å². The van der Waals surface area contributed by atoms with E-state index in [1.807, 2.05) is 26.0 Å². The standard InChI is InChI=1S/C45H55N3.C2H6/c1-10-18-22-27-35-32-40-43(33-42(35)46(34(9)15-6)37(26-14-5)28-19-11-2)48(38-29-23-21-24-30-38)44-39(31-20-12-3)41(17-8)47(45(40)44)36(16-7)25-13-4;1-2/h11,13,15-16,19,21,23-26,28-30,32-33H,2,10,12,14,17-18,20,31H2,1,3-9H3;1-2H3/b25-13-,28-19-,34-15+,36-16+,37-26+;. The van der Waals surface area contributed by atoms with Crippen LogP contribution in [0.15, 0.2) is 109 Å². The summed E-state index contributed by atoms with van der Waals surface area (Å²) in [5, 5.41) is 1.22. The van der Waals surface area contributed by atoms with Gasteiger partial charge in [0.2, 0.25) is 0 Å². The van der Waals surface area contributed by atoms with Gasteiger partial charge in [-0.3, -0.25) is 0 Å². The molecule has 2 aromatic carbocycles. The fourth-order valence-electron chi connectivity index (χ4n) is 6.64. The molecular weight excluding hydrogens is 607 g/mol. The third-order valence-corrected chi connectivity index (χ3v) is 8.89. The molecule has 0 fully saturated rings. The number of para-hydroxylation sites is 1. The predicted molar refractivity (Wildman–Crippen MR) is 224 cm³/mol. The van der Waals surface area contributed by atoms with Crippen molar-refractivity contribution in [3.8, 4) is 17.5 Å². The normalized spacial score (nSPS) is 12.5. The van der Waals surface area contributed by atoms with E-state index in [0.717, 1.165) is 67.6 Å². The molecular formula is C47H61N3. The first-order chi connectivity index (χ1) is 24.4. The average Bonchev–Trinajstić information content (AvgIpc) is 3.64. The Morgan fingerprint density at radius 3 is 2.24 bits per heavy atom. The SMILES string of the molecule is C=C/C=C\C(=C/CC)N(/C(C)=C/C)c1cc2c(cc1C#CCCC)c1c(c(CCCC)c(CC)n1C(/C=C\C)=C/C)n2-c1ccccc1.CC. The number of fused-ring (bicyclic) bond motifs is 3. The van der Waals surface area contributed by atoms with Gasteiger partial charge in [0.1, 0.15) is 0 Å². The lowest BCUT2D eigenvalue weighted by atomic mass is 10.1. The topological polar surface area (TPSA) is 13.1 Å². The molecule has 0 aliphatic heterocycles. The highest BCUT2D eigenvalue weighted by molar-refractivity contribution is 6.12. The smallest absolute Gasteiger partial charge is 0.0798 e. The average molecular weight is 668 g/mol. The minimum absolute atomic E-state index is 0.857. The van der Waals surface area contributed by atoms with Crippen molar-refractivity contribution < 1.29 is 0 Å². The van der Waals surface area contributed by atoms with Crippen molar-refractivity contribution in [2.24, 2.45) is 0 Å². The van der Waals surface area contributed by atoms with Crippen molar-refractivity contribution in [3.05, 3.63) is 126 Å². The minimum Gasteiger partial charge on any atom is -0.314 e. The van der Waals surface area contributed by atoms with Crippen molar-refractivity contribution in [1.29, 1.82) is 0 Å². The molecule has 3 heteroatoms. The van der Waals surface area contributed by atoms with E-state index in [-0.39, 0.29) is 0 Å². The van der Waals surface area contributed by atoms with Crippen LogP contribution in [-0.4, -0.2) is 9.13 Å². The Kier molecular flexibility index (Phi) is 16.0. The van der Waals surface area contributed by atoms with Crippen LogP contribution in [0.5, 0.6) is 0 Å². The lowest BCUT2D eigenvalue weighted by Crippen LogP contribution is -2.20. The van der Waals surface area contributed by atoms with E-state index in [2.05, 4.69) is 167 Å². The first-order valence-electron chi connectivity index (χ1n) is 19.0. The van der Waals surface area contributed by atoms with Crippen LogP contribution in [0.2, 0.25) is 0 Å². The molecule has 0 amide bonds. The summed E-state index contributed by atoms with van der Waals surface area (Å²) in [4.78, 5) is 2.37. The summed E-state index contributed by atoms with van der Waals surface area (Å²) < 4.78 is 5.06. The number of aryl methyl sites for hydroxylation is 1. The molecule has 0 unspecified atom stereocenters. The molecule has 2 aromatic heterocycles. The zero-order valence-corrected chi connectivity index (χ0v) is 32.7. The van der Waals surface area contributed by atoms with Crippen molar-refractivity contribution in [3.63, 3.8) is 0 Å². The largest absolute Gasteiger partial charge is 0.314 e. The van der Waals surface area contributed by atoms with Crippen LogP contribution < -0.4 is 4.90 Å². The fourth-order valence-corrected chi connectivity index (χ4v) is 6.64. The summed E-state index contributed by atoms with van der Waals surface area (Å²) in [6.07, 6.45) is 24.2. The lowest BCUT2D eigenvalue weighted by molar-refractivity contribution is 0.783. The van der Waals surface area contributed by atoms with E-state index in [1.165, 1.54) is 44.6 Å². The quantitative estimate of drug-likeness (QED) is 0.0963. The molecule has 4 aromatic rings. The van der Waals surface area contributed by atoms with Crippen molar-refractivity contribution in [2.45, 2.75) is 114 Å². The van der Waals surface area contributed by atoms with Crippen molar-refractivity contribution >= 4 is 33.3 Å². The molecule has 0 bridgehead atoms. The molecule has 0 atom stereocenters. The van der Waals surface area contributed by atoms with Gasteiger partial charge in [0.15, 0.2) is 0 Å². The van der Waals surface area contributed by atoms with E-state index in [0.29, 0.717) is 0 Å². The summed E-state index contributed by atoms with van der Waals surface area (Å²) in [5.41, 5.74) is 13.3. The van der Waals surface area contributed by atoms with E-state index in [1.54, 1.807) is 0 Å². The summed E-state index contributed by atoms with van der Waals surface area (Å²) in [6.45, 7) is 25.5. The maximum atomic E-state index is 3.96. The summed E-state index contributed by atoms with van der Waals surface area (Å²) in [5.74, 6) is 7.16. The molecule has 0 saturated heterocycles. The Morgan fingerprint density at radius 1 is 0.920 bits per heavy atom. The first kappa shape index (κ1) is 39.8. The molecule has 2 heterocycles. The lowest BCUT2D eigenvalue weighted by Gasteiger charge is -2.28. The van der Waals surface area contributed by atoms with Gasteiger partial charge in [-0.1, -0.05) is 121 Å². The van der Waals surface area contributed by atoms with E-state index >= 15 is 0 Å². The Bertz CT molecular complexity index is 1940. The third-order valence-electron chi connectivity index (χ3n) is 8.89. The molecule has 0 saturated carbocycles. The van der Waals surface area contributed by atoms with E-state index < -0.39 is 0 Å². The summed E-state index contributed by atoms with van der Waals surface area (Å²) in [6, 6.07) is 15.7. The molecule has 0 radical (unpaired) electrons. The number of hydrogen-bond donors (Lipinski definition) is 0. The summed E-state index contributed by atoms with van der Waals surface area (Å²) in [7, 11) is 0. The number of allylic oxidation sites excluding steroid dienone is 10. The zero-order chi connectivity index (χ0) is 36.6. The maximum Gasteiger partial charge on any atom is 0.0798 e. The second kappa shape index (κ2) is 20.1. The van der Waals surface area contributed by atoms with Crippen LogP contribution in [0.1, 0.15) is 118 Å². The molecule has 4 rings (SSSR count). The molecule has 3 nitrogen and oxygen atoms in total. The fraction of sp³-hybridized carbons (Fsp3) is 0.362. The van der Waals surface area contributed by atoms with Crippen LogP contribution in [0, 0.1) is 11.8 Å². The zero-order valence-electron chi connectivity index (χ0n) is 32.7. The van der Waals surface area contributed by atoms with Crippen LogP contribution in [0.3, 0.4) is 0 Å². The molecule has 0 spiro atoms. The molecule has 0 N–H and O–H groups in total. The van der Waals surface area contributed by atoms with Crippen LogP contribution in [-0.2, 0) is 12.8 Å². The van der Waals surface area contributed by atoms with Crippen LogP contribution >= 0.6 is 0 Å². The highest BCUT2D eigenvalue weighted by atomic mass is 15.2. The minimum atomic E-state index is 0.857. The summed E-state index contributed by atoms with van der Waals surface area (Å²) >= 11 is 0. The second-order valence-corrected chi connectivity index (χ2v) is 12.1. The highest BCUT2D eigenvalue weighted by Crippen LogP contribution is 2.43. The Labute approximate surface area is 304 Å². The van der Waals surface area contributed by atoms with E-state index in [4.69, 9.17) is 0 Å². The number of aromatic nitrogens is 2. The number of anilines is 1. The second-order valence-electron chi connectivity index (χ2n) is 12.1. The highest BCUT2D eigenvalue weighted by Gasteiger charge is 2.27. The van der Waals surface area contributed by atoms with Gasteiger partial charge in [-0.25, -0.2) is 0 Å². The van der Waals surface area contributed by atoms with Gasteiger partial charge in [0.05, 0.1) is 22.2 Å². The van der Waals surface area contributed by atoms with Crippen molar-refractivity contribution in [2.75, 3.05) is 4.90 Å². The van der Waals surface area contributed by atoms with Crippen LogP contribution in [0.25, 0.3) is 33.3 Å². The van der Waals surface area contributed by atoms with Crippen LogP contribution in [0.4, 0.5) is 5.69 Å². The van der Waals surface area contributed by atoms with Crippen molar-refractivity contribution in [1.82, 2.24) is 9.13 Å². The third kappa shape index (κ3) is 8.36. The molecule has 264 valence electrons. The van der Waals surface area contributed by atoms with E-state index in [9.17, 15) is 0 Å². The monoisotopic (exact) mass is 667 g/mol. The van der Waals surface area contributed by atoms with Gasteiger partial charge in [-0.15, -0.1) is 0 Å². The Balaban J connectivity index is 0.00000332. The molecule has 0 aliphatic rings. The predicted octanol–water partition coefficient (Wildman–Crippen LogP) is 13.9. The Morgan fingerprint density at radius 2 is 1.66 bits per heavy atom. The molecule has 50 heavy (non-hydrogen) atoms. The molecule has 0 aliphatic carbocycles. The van der Waals surface area contributed by atoms with Gasteiger partial charge < -0.3 is 14.0 Å². The van der Waals surface area contributed by atoms with Gasteiger partial charge >= 0.3 is 0 Å². The first-order valence-corrected chi connectivity index (χ1v) is 19.0. The van der Waals surface area contributed by atoms with Gasteiger partial charge in [0.25, 0.3) is 0 Å². The number of rotatable bonds is 14. The Hall–Kier alpha value is -4.68. The maximum absolute atomic E-state index is 3.96. The van der Waals surface area contributed by atoms with Gasteiger partial charge in [0, 0.05) is 45.8 Å². The number of unbranched alkanes of at least 4 members (excludes halogenated alkanes) is 2. The number of hydrogen-bond acceptors (Lipinski definition) is 1. The number of nitrogens with zero attached hydrogens (tertiary/aromatic N) is 3. The van der Waals surface area contributed by atoms with Gasteiger partial charge in [-0.05, 0) is 102 Å². The number of benzene rings is 2.